The molecule has 0 atom stereocenters. The first kappa shape index (κ1) is 19.4. The van der Waals surface area contributed by atoms with Crippen molar-refractivity contribution < 1.29 is 17.6 Å². The molecule has 0 fully saturated rings. The largest absolute Gasteiger partial charge is 0.343 e. The molecule has 0 aliphatic heterocycles. The summed E-state index contributed by atoms with van der Waals surface area (Å²) in [4.78, 5) is 14.0. The Bertz CT molecular complexity index is 614. The number of carbonyl (C=O) groups is 1. The molecule has 1 amide bonds. The number of carbonyl (C=O) groups excluding carboxylic acids is 1. The molecule has 0 N–H and O–H groups in total. The van der Waals surface area contributed by atoms with Crippen LogP contribution in [0.3, 0.4) is 0 Å². The van der Waals surface area contributed by atoms with Crippen molar-refractivity contribution in [1.82, 2.24) is 4.90 Å². The van der Waals surface area contributed by atoms with E-state index in [0.717, 1.165) is 23.4 Å². The standard InChI is InChI=1S/C16H25FN2O3S/c1-4-11-18(12-5-2)16(20)10-13-19(23(3,21)22)15-9-7-6-8-14(15)17/h6-9H,4-5,10-13H2,1-3H3. The van der Waals surface area contributed by atoms with Gasteiger partial charge in [-0.2, -0.15) is 0 Å². The van der Waals surface area contributed by atoms with E-state index in [1.165, 1.54) is 18.2 Å². The van der Waals surface area contributed by atoms with Crippen LogP contribution < -0.4 is 4.31 Å². The molecule has 0 heterocycles. The molecule has 1 rings (SSSR count). The van der Waals surface area contributed by atoms with E-state index in [0.29, 0.717) is 13.1 Å². The SMILES string of the molecule is CCCN(CCC)C(=O)CCN(c1ccccc1F)S(C)(=O)=O. The lowest BCUT2D eigenvalue weighted by atomic mass is 10.2. The number of anilines is 1. The lowest BCUT2D eigenvalue weighted by molar-refractivity contribution is -0.131. The van der Waals surface area contributed by atoms with Gasteiger partial charge in [0.2, 0.25) is 15.9 Å². The first-order valence-corrected chi connectivity index (χ1v) is 9.66. The molecule has 0 bridgehead atoms. The minimum absolute atomic E-state index is 0.0275. The van der Waals surface area contributed by atoms with Crippen molar-refractivity contribution in [2.24, 2.45) is 0 Å². The summed E-state index contributed by atoms with van der Waals surface area (Å²) in [7, 11) is -3.66. The van der Waals surface area contributed by atoms with E-state index >= 15 is 0 Å². The van der Waals surface area contributed by atoms with Gasteiger partial charge in [-0.1, -0.05) is 26.0 Å². The lowest BCUT2D eigenvalue weighted by Crippen LogP contribution is -2.37. The van der Waals surface area contributed by atoms with Crippen molar-refractivity contribution in [3.63, 3.8) is 0 Å². The van der Waals surface area contributed by atoms with E-state index in [4.69, 9.17) is 0 Å². The first-order valence-electron chi connectivity index (χ1n) is 7.81. The van der Waals surface area contributed by atoms with Crippen LogP contribution in [0.1, 0.15) is 33.1 Å². The number of hydrogen-bond donors (Lipinski definition) is 0. The summed E-state index contributed by atoms with van der Waals surface area (Å²) in [6.45, 7) is 5.19. The van der Waals surface area contributed by atoms with E-state index in [9.17, 15) is 17.6 Å². The number of benzene rings is 1. The van der Waals surface area contributed by atoms with Crippen molar-refractivity contribution >= 4 is 21.6 Å². The molecule has 0 radical (unpaired) electrons. The minimum Gasteiger partial charge on any atom is -0.343 e. The molecule has 23 heavy (non-hydrogen) atoms. The van der Waals surface area contributed by atoms with Crippen LogP contribution in [0.15, 0.2) is 24.3 Å². The van der Waals surface area contributed by atoms with Gasteiger partial charge in [0.05, 0.1) is 11.9 Å². The molecule has 0 saturated heterocycles. The van der Waals surface area contributed by atoms with Crippen LogP contribution in [0.4, 0.5) is 10.1 Å². The molecule has 5 nitrogen and oxygen atoms in total. The molecule has 0 spiro atoms. The van der Waals surface area contributed by atoms with Crippen molar-refractivity contribution in [3.05, 3.63) is 30.1 Å². The topological polar surface area (TPSA) is 57.7 Å². The van der Waals surface area contributed by atoms with Crippen LogP contribution >= 0.6 is 0 Å². The molecule has 130 valence electrons. The number of nitrogens with zero attached hydrogens (tertiary/aromatic N) is 2. The van der Waals surface area contributed by atoms with Gasteiger partial charge >= 0.3 is 0 Å². The van der Waals surface area contributed by atoms with Crippen LogP contribution in [0.25, 0.3) is 0 Å². The average molecular weight is 344 g/mol. The van der Waals surface area contributed by atoms with E-state index < -0.39 is 15.8 Å². The zero-order chi connectivity index (χ0) is 17.5. The molecule has 0 aliphatic carbocycles. The number of sulfonamides is 1. The third-order valence-corrected chi connectivity index (χ3v) is 4.57. The summed E-state index contributed by atoms with van der Waals surface area (Å²) in [6, 6.07) is 5.67. The predicted molar refractivity (Wildman–Crippen MR) is 90.4 cm³/mol. The Morgan fingerprint density at radius 3 is 2.13 bits per heavy atom. The quantitative estimate of drug-likeness (QED) is 0.692. The van der Waals surface area contributed by atoms with Gasteiger partial charge in [0.25, 0.3) is 0 Å². The highest BCUT2D eigenvalue weighted by atomic mass is 32.2. The van der Waals surface area contributed by atoms with Crippen molar-refractivity contribution in [1.29, 1.82) is 0 Å². The van der Waals surface area contributed by atoms with Crippen molar-refractivity contribution in [3.8, 4) is 0 Å². The zero-order valence-electron chi connectivity index (χ0n) is 14.0. The molecule has 7 heteroatoms. The van der Waals surface area contributed by atoms with Gasteiger partial charge in [-0.15, -0.1) is 0 Å². The maximum absolute atomic E-state index is 13.9. The lowest BCUT2D eigenvalue weighted by Gasteiger charge is -2.25. The summed E-state index contributed by atoms with van der Waals surface area (Å²) in [5, 5.41) is 0. The average Bonchev–Trinajstić information content (AvgIpc) is 2.47. The highest BCUT2D eigenvalue weighted by molar-refractivity contribution is 7.92. The Labute approximate surface area is 138 Å². The summed E-state index contributed by atoms with van der Waals surface area (Å²) < 4.78 is 38.8. The number of para-hydroxylation sites is 1. The Hall–Kier alpha value is -1.63. The van der Waals surface area contributed by atoms with Crippen molar-refractivity contribution in [2.75, 3.05) is 30.2 Å². The predicted octanol–water partition coefficient (Wildman–Crippen LogP) is 2.63. The van der Waals surface area contributed by atoms with Gasteiger partial charge in [-0.05, 0) is 25.0 Å². The van der Waals surface area contributed by atoms with E-state index in [1.54, 1.807) is 11.0 Å². The van der Waals surface area contributed by atoms with E-state index in [1.807, 2.05) is 13.8 Å². The van der Waals surface area contributed by atoms with Crippen molar-refractivity contribution in [2.45, 2.75) is 33.1 Å². The van der Waals surface area contributed by atoms with Crippen LogP contribution in [0.2, 0.25) is 0 Å². The normalized spacial score (nSPS) is 11.3. The Balaban J connectivity index is 2.88. The zero-order valence-corrected chi connectivity index (χ0v) is 14.8. The van der Waals surface area contributed by atoms with Gasteiger partial charge in [-0.3, -0.25) is 9.10 Å². The molecular formula is C16H25FN2O3S. The summed E-state index contributed by atoms with van der Waals surface area (Å²) in [5.41, 5.74) is -0.0275. The number of hydrogen-bond acceptors (Lipinski definition) is 3. The third kappa shape index (κ3) is 5.82. The first-order chi connectivity index (χ1) is 10.8. The van der Waals surface area contributed by atoms with Gasteiger partial charge in [-0.25, -0.2) is 12.8 Å². The van der Waals surface area contributed by atoms with E-state index in [2.05, 4.69) is 0 Å². The molecule has 1 aromatic rings. The monoisotopic (exact) mass is 344 g/mol. The molecule has 0 aromatic heterocycles. The Kier molecular flexibility index (Phi) is 7.48. The van der Waals surface area contributed by atoms with Crippen LogP contribution in [0, 0.1) is 5.82 Å². The highest BCUT2D eigenvalue weighted by Gasteiger charge is 2.22. The maximum Gasteiger partial charge on any atom is 0.232 e. The second-order valence-electron chi connectivity index (χ2n) is 5.42. The maximum atomic E-state index is 13.9. The Morgan fingerprint density at radius 2 is 1.65 bits per heavy atom. The summed E-state index contributed by atoms with van der Waals surface area (Å²) in [5.74, 6) is -0.733. The van der Waals surface area contributed by atoms with E-state index in [-0.39, 0.29) is 24.6 Å². The molecule has 0 aliphatic rings. The summed E-state index contributed by atoms with van der Waals surface area (Å²) in [6.07, 6.45) is 2.73. The third-order valence-electron chi connectivity index (χ3n) is 3.39. The fourth-order valence-electron chi connectivity index (χ4n) is 2.38. The second-order valence-corrected chi connectivity index (χ2v) is 7.32. The molecular weight excluding hydrogens is 319 g/mol. The van der Waals surface area contributed by atoms with Gasteiger partial charge in [0.1, 0.15) is 5.82 Å². The second kappa shape index (κ2) is 8.86. The molecule has 0 unspecified atom stereocenters. The fraction of sp³-hybridized carbons (Fsp3) is 0.562. The van der Waals surface area contributed by atoms with Crippen LogP contribution in [-0.4, -0.2) is 45.1 Å². The number of rotatable bonds is 9. The number of halogens is 1. The van der Waals surface area contributed by atoms with Crippen LogP contribution in [-0.2, 0) is 14.8 Å². The smallest absolute Gasteiger partial charge is 0.232 e. The number of amides is 1. The minimum atomic E-state index is -3.66. The molecule has 1 aromatic carbocycles. The van der Waals surface area contributed by atoms with Gasteiger partial charge in [0, 0.05) is 26.1 Å². The summed E-state index contributed by atoms with van der Waals surface area (Å²) >= 11 is 0. The van der Waals surface area contributed by atoms with Gasteiger partial charge in [0.15, 0.2) is 0 Å². The van der Waals surface area contributed by atoms with Gasteiger partial charge < -0.3 is 4.90 Å². The Morgan fingerprint density at radius 1 is 1.09 bits per heavy atom. The molecule has 0 saturated carbocycles. The highest BCUT2D eigenvalue weighted by Crippen LogP contribution is 2.21. The van der Waals surface area contributed by atoms with Crippen LogP contribution in [0.5, 0.6) is 0 Å². The fourth-order valence-corrected chi connectivity index (χ4v) is 3.30.